The van der Waals surface area contributed by atoms with Crippen molar-refractivity contribution >= 4 is 11.3 Å². The van der Waals surface area contributed by atoms with Crippen LogP contribution >= 0.6 is 11.3 Å². The maximum absolute atomic E-state index is 3.52. The van der Waals surface area contributed by atoms with Crippen LogP contribution in [0.2, 0.25) is 0 Å². The average Bonchev–Trinajstić information content (AvgIpc) is 3.02. The van der Waals surface area contributed by atoms with E-state index in [1.165, 1.54) is 33.7 Å². The highest BCUT2D eigenvalue weighted by atomic mass is 32.1. The third-order valence-corrected chi connectivity index (χ3v) is 5.44. The standard InChI is InChI=1S/C17H21NS/c1-3-14-8-9-15(19-14)11-13-10-12-6-4-5-7-16(12)17(13)18-2/h4-9,13,17-18H,3,10-11H2,1-2H3. The second kappa shape index (κ2) is 5.48. The lowest BCUT2D eigenvalue weighted by molar-refractivity contribution is 0.412. The highest BCUT2D eigenvalue weighted by Gasteiger charge is 2.31. The van der Waals surface area contributed by atoms with Gasteiger partial charge in [-0.3, -0.25) is 0 Å². The molecule has 0 saturated heterocycles. The number of fused-ring (bicyclic) bond motifs is 1. The van der Waals surface area contributed by atoms with Gasteiger partial charge in [0.25, 0.3) is 0 Å². The summed E-state index contributed by atoms with van der Waals surface area (Å²) < 4.78 is 0. The largest absolute Gasteiger partial charge is 0.313 e. The Morgan fingerprint density at radius 3 is 2.68 bits per heavy atom. The molecule has 1 nitrogen and oxygen atoms in total. The SMILES string of the molecule is CCc1ccc(CC2Cc3ccccc3C2NC)s1. The van der Waals surface area contributed by atoms with E-state index in [1.807, 2.05) is 11.3 Å². The molecule has 19 heavy (non-hydrogen) atoms. The minimum absolute atomic E-state index is 0.517. The highest BCUT2D eigenvalue weighted by molar-refractivity contribution is 7.11. The van der Waals surface area contributed by atoms with E-state index >= 15 is 0 Å². The molecule has 0 radical (unpaired) electrons. The van der Waals surface area contributed by atoms with Crippen LogP contribution in [0.5, 0.6) is 0 Å². The smallest absolute Gasteiger partial charge is 0.0355 e. The number of hydrogen-bond donors (Lipinski definition) is 1. The molecule has 0 spiro atoms. The van der Waals surface area contributed by atoms with Gasteiger partial charge >= 0.3 is 0 Å². The summed E-state index contributed by atoms with van der Waals surface area (Å²) in [4.78, 5) is 3.04. The Bertz CT molecular complexity index is 558. The molecule has 2 unspecified atom stereocenters. The number of benzene rings is 1. The Labute approximate surface area is 119 Å². The number of hydrogen-bond acceptors (Lipinski definition) is 2. The lowest BCUT2D eigenvalue weighted by atomic mass is 9.96. The molecule has 1 N–H and O–H groups in total. The maximum atomic E-state index is 3.52. The van der Waals surface area contributed by atoms with E-state index in [4.69, 9.17) is 0 Å². The van der Waals surface area contributed by atoms with Crippen molar-refractivity contribution in [3.05, 3.63) is 57.3 Å². The molecule has 1 aromatic carbocycles. The quantitative estimate of drug-likeness (QED) is 0.886. The molecule has 2 aromatic rings. The lowest BCUT2D eigenvalue weighted by Gasteiger charge is -2.19. The van der Waals surface area contributed by atoms with E-state index in [1.54, 1.807) is 0 Å². The van der Waals surface area contributed by atoms with Gasteiger partial charge in [0.15, 0.2) is 0 Å². The fourth-order valence-electron chi connectivity index (χ4n) is 3.24. The van der Waals surface area contributed by atoms with Crippen LogP contribution in [-0.2, 0) is 19.3 Å². The molecule has 1 aliphatic rings. The molecule has 0 saturated carbocycles. The predicted molar refractivity (Wildman–Crippen MR) is 82.8 cm³/mol. The average molecular weight is 271 g/mol. The van der Waals surface area contributed by atoms with Gasteiger partial charge in [0.1, 0.15) is 0 Å². The first-order chi connectivity index (χ1) is 9.31. The first-order valence-electron chi connectivity index (χ1n) is 7.14. The second-order valence-corrected chi connectivity index (χ2v) is 6.61. The Kier molecular flexibility index (Phi) is 3.72. The lowest BCUT2D eigenvalue weighted by Crippen LogP contribution is -2.22. The predicted octanol–water partition coefficient (Wildman–Crippen LogP) is 3.99. The minimum Gasteiger partial charge on any atom is -0.313 e. The van der Waals surface area contributed by atoms with Gasteiger partial charge < -0.3 is 5.32 Å². The fourth-order valence-corrected chi connectivity index (χ4v) is 4.29. The summed E-state index contributed by atoms with van der Waals surface area (Å²) in [6, 6.07) is 14.0. The van der Waals surface area contributed by atoms with Crippen LogP contribution in [0, 0.1) is 5.92 Å². The van der Waals surface area contributed by atoms with Gasteiger partial charge in [0, 0.05) is 15.8 Å². The zero-order valence-corrected chi connectivity index (χ0v) is 12.5. The topological polar surface area (TPSA) is 12.0 Å². The van der Waals surface area contributed by atoms with Gasteiger partial charge in [0.2, 0.25) is 0 Å². The monoisotopic (exact) mass is 271 g/mol. The van der Waals surface area contributed by atoms with Crippen LogP contribution in [0.25, 0.3) is 0 Å². The Balaban J connectivity index is 1.79. The summed E-state index contributed by atoms with van der Waals surface area (Å²) in [7, 11) is 2.09. The van der Waals surface area contributed by atoms with E-state index in [0.29, 0.717) is 12.0 Å². The van der Waals surface area contributed by atoms with E-state index in [9.17, 15) is 0 Å². The van der Waals surface area contributed by atoms with Gasteiger partial charge in [-0.15, -0.1) is 11.3 Å². The molecule has 0 bridgehead atoms. The number of thiophene rings is 1. The van der Waals surface area contributed by atoms with E-state index in [2.05, 4.69) is 55.7 Å². The molecule has 0 fully saturated rings. The summed E-state index contributed by atoms with van der Waals surface area (Å²) >= 11 is 1.98. The van der Waals surface area contributed by atoms with Crippen LogP contribution in [0.4, 0.5) is 0 Å². The van der Waals surface area contributed by atoms with Crippen LogP contribution in [0.1, 0.15) is 33.8 Å². The summed E-state index contributed by atoms with van der Waals surface area (Å²) in [6.45, 7) is 2.23. The molecule has 3 rings (SSSR count). The van der Waals surface area contributed by atoms with Crippen LogP contribution in [-0.4, -0.2) is 7.05 Å². The van der Waals surface area contributed by atoms with Gasteiger partial charge in [-0.25, -0.2) is 0 Å². The van der Waals surface area contributed by atoms with Crippen molar-refractivity contribution in [3.8, 4) is 0 Å². The summed E-state index contributed by atoms with van der Waals surface area (Å²) in [5.41, 5.74) is 3.03. The fraction of sp³-hybridized carbons (Fsp3) is 0.412. The molecule has 2 heteroatoms. The summed E-state index contributed by atoms with van der Waals surface area (Å²) in [5, 5.41) is 3.52. The van der Waals surface area contributed by atoms with Gasteiger partial charge in [-0.2, -0.15) is 0 Å². The molecule has 0 amide bonds. The Hall–Kier alpha value is -1.12. The van der Waals surface area contributed by atoms with Crippen molar-refractivity contribution < 1.29 is 0 Å². The van der Waals surface area contributed by atoms with Crippen molar-refractivity contribution in [2.24, 2.45) is 5.92 Å². The zero-order chi connectivity index (χ0) is 13.2. The molecule has 1 aromatic heterocycles. The molecule has 0 aliphatic heterocycles. The van der Waals surface area contributed by atoms with Crippen molar-refractivity contribution in [1.82, 2.24) is 5.32 Å². The van der Waals surface area contributed by atoms with Crippen molar-refractivity contribution in [2.45, 2.75) is 32.2 Å². The second-order valence-electron chi connectivity index (χ2n) is 5.36. The van der Waals surface area contributed by atoms with Gasteiger partial charge in [-0.05, 0) is 55.5 Å². The van der Waals surface area contributed by atoms with Gasteiger partial charge in [0.05, 0.1) is 0 Å². The van der Waals surface area contributed by atoms with Gasteiger partial charge in [-0.1, -0.05) is 31.2 Å². The summed E-state index contributed by atoms with van der Waals surface area (Å²) in [6.07, 6.45) is 3.57. The van der Waals surface area contributed by atoms with E-state index < -0.39 is 0 Å². The molecule has 100 valence electrons. The molecular weight excluding hydrogens is 250 g/mol. The van der Waals surface area contributed by atoms with Crippen molar-refractivity contribution in [3.63, 3.8) is 0 Å². The van der Waals surface area contributed by atoms with Crippen molar-refractivity contribution in [2.75, 3.05) is 7.05 Å². The Morgan fingerprint density at radius 2 is 1.95 bits per heavy atom. The number of rotatable bonds is 4. The molecule has 1 heterocycles. The highest BCUT2D eigenvalue weighted by Crippen LogP contribution is 2.38. The third kappa shape index (κ3) is 2.47. The van der Waals surface area contributed by atoms with Crippen LogP contribution in [0.15, 0.2) is 36.4 Å². The molecule has 1 aliphatic carbocycles. The van der Waals surface area contributed by atoms with Crippen molar-refractivity contribution in [1.29, 1.82) is 0 Å². The normalized spacial score (nSPS) is 21.6. The molecular formula is C17H21NS. The minimum atomic E-state index is 0.517. The van der Waals surface area contributed by atoms with Crippen LogP contribution in [0.3, 0.4) is 0 Å². The first kappa shape index (κ1) is 12.9. The summed E-state index contributed by atoms with van der Waals surface area (Å²) in [5.74, 6) is 0.700. The van der Waals surface area contributed by atoms with E-state index in [0.717, 1.165) is 6.42 Å². The van der Waals surface area contributed by atoms with Crippen LogP contribution < -0.4 is 5.32 Å². The zero-order valence-electron chi connectivity index (χ0n) is 11.6. The third-order valence-electron chi connectivity index (χ3n) is 4.18. The maximum Gasteiger partial charge on any atom is 0.0355 e. The molecule has 2 atom stereocenters. The number of aryl methyl sites for hydroxylation is 1. The van der Waals surface area contributed by atoms with E-state index in [-0.39, 0.29) is 0 Å². The Morgan fingerprint density at radius 1 is 1.16 bits per heavy atom. The number of nitrogens with one attached hydrogen (secondary N) is 1. The first-order valence-corrected chi connectivity index (χ1v) is 7.96.